The van der Waals surface area contributed by atoms with Crippen LogP contribution in [0.25, 0.3) is 0 Å². The summed E-state index contributed by atoms with van der Waals surface area (Å²) >= 11 is 0. The van der Waals surface area contributed by atoms with Gasteiger partial charge in [0.05, 0.1) is 0 Å². The Morgan fingerprint density at radius 3 is 2.56 bits per heavy atom. The molecule has 3 nitrogen and oxygen atoms in total. The molecule has 0 amide bonds. The zero-order chi connectivity index (χ0) is 13.5. The van der Waals surface area contributed by atoms with Crippen LogP contribution in [0.4, 0.5) is 0 Å². The van der Waals surface area contributed by atoms with Crippen LogP contribution in [-0.4, -0.2) is 25.5 Å². The van der Waals surface area contributed by atoms with Crippen LogP contribution in [0.3, 0.4) is 0 Å². The van der Waals surface area contributed by atoms with E-state index in [1.807, 2.05) is 0 Å². The van der Waals surface area contributed by atoms with E-state index in [1.54, 1.807) is 0 Å². The van der Waals surface area contributed by atoms with Crippen LogP contribution in [0, 0.1) is 5.92 Å². The Labute approximate surface area is 111 Å². The third kappa shape index (κ3) is 5.17. The van der Waals surface area contributed by atoms with Crippen molar-refractivity contribution in [2.24, 2.45) is 11.8 Å². The van der Waals surface area contributed by atoms with Gasteiger partial charge in [0, 0.05) is 6.04 Å². The molecule has 0 aliphatic carbocycles. The number of hydrazine groups is 1. The largest absolute Gasteiger partial charge is 0.309 e. The molecule has 0 spiro atoms. The molecule has 0 aliphatic heterocycles. The second kappa shape index (κ2) is 7.52. The lowest BCUT2D eigenvalue weighted by Crippen LogP contribution is -2.30. The zero-order valence-corrected chi connectivity index (χ0v) is 12.1. The molecule has 0 radical (unpaired) electrons. The van der Waals surface area contributed by atoms with Crippen molar-refractivity contribution in [3.05, 3.63) is 35.4 Å². The SMILES string of the molecule is CC(C)Cc1cccc(C(CCN(C)C)NN)c1. The quantitative estimate of drug-likeness (QED) is 0.576. The van der Waals surface area contributed by atoms with Crippen LogP contribution in [0.2, 0.25) is 0 Å². The van der Waals surface area contributed by atoms with Gasteiger partial charge in [-0.1, -0.05) is 38.1 Å². The number of nitrogens with zero attached hydrogens (tertiary/aromatic N) is 1. The van der Waals surface area contributed by atoms with Crippen LogP contribution >= 0.6 is 0 Å². The molecule has 18 heavy (non-hydrogen) atoms. The van der Waals surface area contributed by atoms with E-state index >= 15 is 0 Å². The third-order valence-corrected chi connectivity index (χ3v) is 3.06. The monoisotopic (exact) mass is 249 g/mol. The topological polar surface area (TPSA) is 41.3 Å². The molecule has 1 atom stereocenters. The molecule has 1 unspecified atom stereocenters. The highest BCUT2D eigenvalue weighted by Gasteiger charge is 2.10. The van der Waals surface area contributed by atoms with Crippen LogP contribution in [0.1, 0.15) is 37.4 Å². The second-order valence-electron chi connectivity index (χ2n) is 5.65. The molecular weight excluding hydrogens is 222 g/mol. The average Bonchev–Trinajstić information content (AvgIpc) is 2.29. The van der Waals surface area contributed by atoms with Gasteiger partial charge >= 0.3 is 0 Å². The Morgan fingerprint density at radius 1 is 1.28 bits per heavy atom. The molecule has 1 aromatic rings. The molecule has 3 heteroatoms. The molecule has 0 heterocycles. The Bertz CT molecular complexity index is 347. The van der Waals surface area contributed by atoms with Crippen LogP contribution in [0.15, 0.2) is 24.3 Å². The lowest BCUT2D eigenvalue weighted by Gasteiger charge is -2.19. The van der Waals surface area contributed by atoms with Crippen LogP contribution < -0.4 is 11.3 Å². The normalized spacial score (nSPS) is 13.3. The molecule has 102 valence electrons. The molecule has 1 rings (SSSR count). The van der Waals surface area contributed by atoms with Crippen molar-refractivity contribution in [2.75, 3.05) is 20.6 Å². The predicted octanol–water partition coefficient (Wildman–Crippen LogP) is 2.34. The van der Waals surface area contributed by atoms with Crippen LogP contribution in [-0.2, 0) is 6.42 Å². The lowest BCUT2D eigenvalue weighted by atomic mass is 9.97. The van der Waals surface area contributed by atoms with E-state index < -0.39 is 0 Å². The molecule has 1 aromatic carbocycles. The summed E-state index contributed by atoms with van der Waals surface area (Å²) in [6.45, 7) is 5.53. The molecule has 0 saturated carbocycles. The standard InChI is InChI=1S/C15H27N3/c1-12(2)10-13-6-5-7-14(11-13)15(17-16)8-9-18(3)4/h5-7,11-12,15,17H,8-10,16H2,1-4H3. The maximum Gasteiger partial charge on any atom is 0.0472 e. The molecule has 0 aliphatic rings. The smallest absolute Gasteiger partial charge is 0.0472 e. The minimum atomic E-state index is 0.236. The van der Waals surface area contributed by atoms with Crippen molar-refractivity contribution < 1.29 is 0 Å². The lowest BCUT2D eigenvalue weighted by molar-refractivity contribution is 0.363. The van der Waals surface area contributed by atoms with Crippen molar-refractivity contribution in [3.8, 4) is 0 Å². The Kier molecular flexibility index (Phi) is 6.33. The van der Waals surface area contributed by atoms with Gasteiger partial charge in [-0.25, -0.2) is 0 Å². The van der Waals surface area contributed by atoms with E-state index in [2.05, 4.69) is 62.5 Å². The van der Waals surface area contributed by atoms with Gasteiger partial charge in [-0.2, -0.15) is 0 Å². The molecule has 3 N–H and O–H groups in total. The molecule has 0 aromatic heterocycles. The van der Waals surface area contributed by atoms with Gasteiger partial charge < -0.3 is 4.90 Å². The van der Waals surface area contributed by atoms with E-state index in [-0.39, 0.29) is 6.04 Å². The Morgan fingerprint density at radius 2 is 2.00 bits per heavy atom. The highest BCUT2D eigenvalue weighted by atomic mass is 15.2. The predicted molar refractivity (Wildman–Crippen MR) is 78.2 cm³/mol. The zero-order valence-electron chi connectivity index (χ0n) is 12.1. The summed E-state index contributed by atoms with van der Waals surface area (Å²) in [5, 5.41) is 0. The van der Waals surface area contributed by atoms with E-state index in [1.165, 1.54) is 11.1 Å². The van der Waals surface area contributed by atoms with Crippen molar-refractivity contribution in [2.45, 2.75) is 32.7 Å². The first-order valence-electron chi connectivity index (χ1n) is 6.72. The van der Waals surface area contributed by atoms with Crippen molar-refractivity contribution in [1.82, 2.24) is 10.3 Å². The molecule has 0 fully saturated rings. The fourth-order valence-electron chi connectivity index (χ4n) is 2.14. The summed E-state index contributed by atoms with van der Waals surface area (Å²) in [6, 6.07) is 9.00. The van der Waals surface area contributed by atoms with Gasteiger partial charge in [0.1, 0.15) is 0 Å². The fraction of sp³-hybridized carbons (Fsp3) is 0.600. The summed E-state index contributed by atoms with van der Waals surface area (Å²) in [5.74, 6) is 6.36. The number of hydrogen-bond donors (Lipinski definition) is 2. The van der Waals surface area contributed by atoms with Crippen molar-refractivity contribution in [3.63, 3.8) is 0 Å². The summed E-state index contributed by atoms with van der Waals surface area (Å²) in [7, 11) is 4.17. The number of nitrogens with two attached hydrogens (primary N) is 1. The summed E-state index contributed by atoms with van der Waals surface area (Å²) < 4.78 is 0. The Hall–Kier alpha value is -0.900. The van der Waals surface area contributed by atoms with E-state index in [0.29, 0.717) is 5.92 Å². The number of hydrogen-bond acceptors (Lipinski definition) is 3. The van der Waals surface area contributed by atoms with Gasteiger partial charge in [0.25, 0.3) is 0 Å². The highest BCUT2D eigenvalue weighted by Crippen LogP contribution is 2.19. The third-order valence-electron chi connectivity index (χ3n) is 3.06. The number of benzene rings is 1. The maximum absolute atomic E-state index is 5.67. The average molecular weight is 249 g/mol. The van der Waals surface area contributed by atoms with Gasteiger partial charge in [0.15, 0.2) is 0 Å². The van der Waals surface area contributed by atoms with Crippen molar-refractivity contribution >= 4 is 0 Å². The molecular formula is C15H27N3. The first kappa shape index (κ1) is 15.2. The van der Waals surface area contributed by atoms with Gasteiger partial charge in [-0.15, -0.1) is 0 Å². The molecule has 0 bridgehead atoms. The van der Waals surface area contributed by atoms with Gasteiger partial charge in [-0.05, 0) is 50.5 Å². The minimum Gasteiger partial charge on any atom is -0.309 e. The van der Waals surface area contributed by atoms with E-state index in [4.69, 9.17) is 5.84 Å². The summed E-state index contributed by atoms with van der Waals surface area (Å²) in [4.78, 5) is 2.18. The van der Waals surface area contributed by atoms with Gasteiger partial charge in [-0.3, -0.25) is 11.3 Å². The molecule has 0 saturated heterocycles. The summed E-state index contributed by atoms with van der Waals surface area (Å²) in [5.41, 5.74) is 5.61. The van der Waals surface area contributed by atoms with E-state index in [0.717, 1.165) is 19.4 Å². The van der Waals surface area contributed by atoms with Crippen LogP contribution in [0.5, 0.6) is 0 Å². The Balaban J connectivity index is 2.72. The minimum absolute atomic E-state index is 0.236. The maximum atomic E-state index is 5.67. The van der Waals surface area contributed by atoms with Gasteiger partial charge in [0.2, 0.25) is 0 Å². The first-order chi connectivity index (χ1) is 8.52. The first-order valence-corrected chi connectivity index (χ1v) is 6.72. The fourth-order valence-corrected chi connectivity index (χ4v) is 2.14. The van der Waals surface area contributed by atoms with Crippen molar-refractivity contribution in [1.29, 1.82) is 0 Å². The number of nitrogens with one attached hydrogen (secondary N) is 1. The number of rotatable bonds is 7. The highest BCUT2D eigenvalue weighted by molar-refractivity contribution is 5.26. The van der Waals surface area contributed by atoms with E-state index in [9.17, 15) is 0 Å². The summed E-state index contributed by atoms with van der Waals surface area (Å²) in [6.07, 6.45) is 2.15. The second-order valence-corrected chi connectivity index (χ2v) is 5.65.